The molecule has 1 aliphatic rings. The first-order valence-electron chi connectivity index (χ1n) is 4.76. The van der Waals surface area contributed by atoms with Gasteiger partial charge in [0.05, 0.1) is 0 Å². The zero-order chi connectivity index (χ0) is 8.43. The fraction of sp³-hybridized carbons (Fsp3) is 1.00. The van der Waals surface area contributed by atoms with Crippen molar-refractivity contribution >= 4 is 0 Å². The maximum Gasteiger partial charge on any atom is 0.0462 e. The summed E-state index contributed by atoms with van der Waals surface area (Å²) in [4.78, 5) is 0. The Morgan fingerprint density at radius 2 is 1.82 bits per heavy atom. The molecule has 66 valence electrons. The van der Waals surface area contributed by atoms with Gasteiger partial charge in [-0.25, -0.2) is 0 Å². The monoisotopic (exact) mass is 156 g/mol. The third kappa shape index (κ3) is 1.96. The van der Waals surface area contributed by atoms with Crippen LogP contribution in [0.15, 0.2) is 0 Å². The van der Waals surface area contributed by atoms with E-state index >= 15 is 0 Å². The van der Waals surface area contributed by atoms with Crippen molar-refractivity contribution in [3.05, 3.63) is 0 Å². The highest BCUT2D eigenvalue weighted by atomic mass is 16.3. The largest absolute Gasteiger partial charge is 0.396 e. The van der Waals surface area contributed by atoms with Crippen LogP contribution in [-0.2, 0) is 0 Å². The molecule has 1 saturated carbocycles. The van der Waals surface area contributed by atoms with Gasteiger partial charge in [0.2, 0.25) is 0 Å². The van der Waals surface area contributed by atoms with E-state index in [1.807, 2.05) is 0 Å². The van der Waals surface area contributed by atoms with Crippen molar-refractivity contribution in [2.24, 2.45) is 23.7 Å². The van der Waals surface area contributed by atoms with Crippen LogP contribution in [0.4, 0.5) is 0 Å². The Hall–Kier alpha value is -0.0400. The molecule has 1 aliphatic carbocycles. The lowest BCUT2D eigenvalue weighted by Gasteiger charge is -2.36. The van der Waals surface area contributed by atoms with Gasteiger partial charge in [0.15, 0.2) is 0 Å². The quantitative estimate of drug-likeness (QED) is 0.617. The van der Waals surface area contributed by atoms with Crippen molar-refractivity contribution in [2.45, 2.75) is 33.6 Å². The summed E-state index contributed by atoms with van der Waals surface area (Å²) in [5, 5.41) is 9.10. The molecule has 1 rings (SSSR count). The van der Waals surface area contributed by atoms with Crippen LogP contribution in [-0.4, -0.2) is 11.7 Å². The van der Waals surface area contributed by atoms with Crippen molar-refractivity contribution < 1.29 is 5.11 Å². The van der Waals surface area contributed by atoms with Gasteiger partial charge in [-0.2, -0.15) is 0 Å². The molecule has 1 nitrogen and oxygen atoms in total. The second-order valence-electron chi connectivity index (χ2n) is 4.36. The van der Waals surface area contributed by atoms with Gasteiger partial charge in [-0.05, 0) is 36.5 Å². The molecule has 1 N–H and O–H groups in total. The fourth-order valence-electron chi connectivity index (χ4n) is 2.38. The number of hydrogen-bond donors (Lipinski definition) is 1. The lowest BCUT2D eigenvalue weighted by molar-refractivity contribution is 0.0811. The number of hydrogen-bond acceptors (Lipinski definition) is 1. The van der Waals surface area contributed by atoms with E-state index in [2.05, 4.69) is 20.8 Å². The second-order valence-corrected chi connectivity index (χ2v) is 4.36. The summed E-state index contributed by atoms with van der Waals surface area (Å²) < 4.78 is 0. The van der Waals surface area contributed by atoms with Gasteiger partial charge in [-0.3, -0.25) is 0 Å². The predicted octanol–water partition coefficient (Wildman–Crippen LogP) is 2.30. The fourth-order valence-corrected chi connectivity index (χ4v) is 2.38. The Morgan fingerprint density at radius 3 is 2.36 bits per heavy atom. The molecule has 0 amide bonds. The molecule has 0 unspecified atom stereocenters. The van der Waals surface area contributed by atoms with Gasteiger partial charge in [0.25, 0.3) is 0 Å². The summed E-state index contributed by atoms with van der Waals surface area (Å²) >= 11 is 0. The standard InChI is InChI=1S/C10H20O/c1-7-4-8(2)9(3)10(5-7)6-11/h7-11H,4-6H2,1-3H3/t7-,8-,9+,10+/m1/s1. The first-order chi connectivity index (χ1) is 5.15. The summed E-state index contributed by atoms with van der Waals surface area (Å²) in [6.45, 7) is 7.27. The van der Waals surface area contributed by atoms with Crippen LogP contribution < -0.4 is 0 Å². The van der Waals surface area contributed by atoms with E-state index in [4.69, 9.17) is 5.11 Å². The van der Waals surface area contributed by atoms with E-state index in [1.54, 1.807) is 0 Å². The molecule has 4 atom stereocenters. The minimum Gasteiger partial charge on any atom is -0.396 e. The smallest absolute Gasteiger partial charge is 0.0462 e. The van der Waals surface area contributed by atoms with Gasteiger partial charge >= 0.3 is 0 Å². The van der Waals surface area contributed by atoms with E-state index in [0.717, 1.165) is 17.8 Å². The van der Waals surface area contributed by atoms with Crippen molar-refractivity contribution in [1.29, 1.82) is 0 Å². The van der Waals surface area contributed by atoms with Crippen molar-refractivity contribution in [3.8, 4) is 0 Å². The Labute approximate surface area is 69.8 Å². The van der Waals surface area contributed by atoms with Crippen LogP contribution in [0.1, 0.15) is 33.6 Å². The normalized spacial score (nSPS) is 45.8. The SMILES string of the molecule is C[C@H]1C[C@@H](CO)[C@@H](C)[C@H](C)C1. The summed E-state index contributed by atoms with van der Waals surface area (Å²) in [6.07, 6.45) is 2.57. The van der Waals surface area contributed by atoms with Gasteiger partial charge in [0.1, 0.15) is 0 Å². The van der Waals surface area contributed by atoms with Crippen LogP contribution in [0.5, 0.6) is 0 Å². The minimum atomic E-state index is 0.385. The average molecular weight is 156 g/mol. The van der Waals surface area contributed by atoms with Gasteiger partial charge < -0.3 is 5.11 Å². The highest BCUT2D eigenvalue weighted by Crippen LogP contribution is 2.37. The van der Waals surface area contributed by atoms with Crippen molar-refractivity contribution in [3.63, 3.8) is 0 Å². The van der Waals surface area contributed by atoms with Crippen molar-refractivity contribution in [1.82, 2.24) is 0 Å². The minimum absolute atomic E-state index is 0.385. The van der Waals surface area contributed by atoms with Crippen LogP contribution in [0.2, 0.25) is 0 Å². The van der Waals surface area contributed by atoms with Gasteiger partial charge in [-0.15, -0.1) is 0 Å². The lowest BCUT2D eigenvalue weighted by atomic mass is 9.70. The second kappa shape index (κ2) is 3.57. The highest BCUT2D eigenvalue weighted by Gasteiger charge is 2.29. The maximum atomic E-state index is 9.10. The molecular weight excluding hydrogens is 136 g/mol. The Bertz CT molecular complexity index is 122. The zero-order valence-corrected chi connectivity index (χ0v) is 7.88. The molecule has 0 radical (unpaired) electrons. The molecular formula is C10H20O. The van der Waals surface area contributed by atoms with Crippen LogP contribution in [0.3, 0.4) is 0 Å². The molecule has 0 bridgehead atoms. The third-order valence-electron chi connectivity index (χ3n) is 3.35. The summed E-state index contributed by atoms with van der Waals surface area (Å²) in [6, 6.07) is 0. The number of aliphatic hydroxyl groups is 1. The molecule has 0 aromatic heterocycles. The molecule has 1 fully saturated rings. The summed E-state index contributed by atoms with van der Waals surface area (Å²) in [7, 11) is 0. The van der Waals surface area contributed by atoms with E-state index in [-0.39, 0.29) is 0 Å². The summed E-state index contributed by atoms with van der Waals surface area (Å²) in [5.41, 5.74) is 0. The summed E-state index contributed by atoms with van der Waals surface area (Å²) in [5.74, 6) is 2.90. The average Bonchev–Trinajstić information content (AvgIpc) is 1.96. The molecule has 0 saturated heterocycles. The molecule has 11 heavy (non-hydrogen) atoms. The van der Waals surface area contributed by atoms with Gasteiger partial charge in [0, 0.05) is 6.61 Å². The van der Waals surface area contributed by atoms with Crippen LogP contribution in [0.25, 0.3) is 0 Å². The number of aliphatic hydroxyl groups excluding tert-OH is 1. The lowest BCUT2D eigenvalue weighted by Crippen LogP contribution is -2.30. The predicted molar refractivity (Wildman–Crippen MR) is 47.3 cm³/mol. The van der Waals surface area contributed by atoms with E-state index in [9.17, 15) is 0 Å². The molecule has 0 aliphatic heterocycles. The molecule has 0 spiro atoms. The maximum absolute atomic E-state index is 9.10. The van der Waals surface area contributed by atoms with E-state index in [1.165, 1.54) is 12.8 Å². The van der Waals surface area contributed by atoms with Crippen LogP contribution >= 0.6 is 0 Å². The Morgan fingerprint density at radius 1 is 1.18 bits per heavy atom. The Balaban J connectivity index is 2.51. The Kier molecular flexibility index (Phi) is 2.94. The molecule has 0 aromatic rings. The third-order valence-corrected chi connectivity index (χ3v) is 3.35. The molecule has 1 heteroatoms. The topological polar surface area (TPSA) is 20.2 Å². The van der Waals surface area contributed by atoms with Crippen molar-refractivity contribution in [2.75, 3.05) is 6.61 Å². The molecule has 0 aromatic carbocycles. The first kappa shape index (κ1) is 9.05. The zero-order valence-electron chi connectivity index (χ0n) is 7.88. The molecule has 0 heterocycles. The van der Waals surface area contributed by atoms with E-state index < -0.39 is 0 Å². The van der Waals surface area contributed by atoms with E-state index in [0.29, 0.717) is 12.5 Å². The first-order valence-corrected chi connectivity index (χ1v) is 4.76. The van der Waals surface area contributed by atoms with Crippen LogP contribution in [0, 0.1) is 23.7 Å². The number of rotatable bonds is 1. The highest BCUT2D eigenvalue weighted by molar-refractivity contribution is 4.79. The van der Waals surface area contributed by atoms with Gasteiger partial charge in [-0.1, -0.05) is 20.8 Å².